The first-order chi connectivity index (χ1) is 10.3. The molecule has 1 aromatic carbocycles. The summed E-state index contributed by atoms with van der Waals surface area (Å²) in [6.07, 6.45) is 1.56. The van der Waals surface area contributed by atoms with Gasteiger partial charge in [0.2, 0.25) is 0 Å². The number of hydrogen-bond acceptors (Lipinski definition) is 3. The standard InChI is InChI=1S/C16H20N2O4/c1-16(2,8-7-14(20)21)18-15(22)17-11-4-5-12-10(9-11)3-6-13(12)19/h4-5,9H,3,6-8H2,1-2H3,(H,20,21)(H2,17,18,22). The number of aryl methyl sites for hydroxylation is 1. The maximum Gasteiger partial charge on any atom is 0.319 e. The molecule has 0 saturated carbocycles. The third-order valence-electron chi connectivity index (χ3n) is 3.70. The highest BCUT2D eigenvalue weighted by molar-refractivity contribution is 6.01. The van der Waals surface area contributed by atoms with Crippen molar-refractivity contribution in [3.05, 3.63) is 29.3 Å². The van der Waals surface area contributed by atoms with Crippen LogP contribution in [0.25, 0.3) is 0 Å². The number of amides is 2. The molecule has 0 saturated heterocycles. The fourth-order valence-electron chi connectivity index (χ4n) is 2.48. The van der Waals surface area contributed by atoms with Gasteiger partial charge in [-0.15, -0.1) is 0 Å². The van der Waals surface area contributed by atoms with Crippen molar-refractivity contribution < 1.29 is 19.5 Å². The Morgan fingerprint density at radius 3 is 2.68 bits per heavy atom. The summed E-state index contributed by atoms with van der Waals surface area (Å²) in [5, 5.41) is 14.2. The number of carbonyl (C=O) groups excluding carboxylic acids is 2. The minimum Gasteiger partial charge on any atom is -0.481 e. The van der Waals surface area contributed by atoms with Crippen LogP contribution in [0, 0.1) is 0 Å². The molecule has 0 fully saturated rings. The van der Waals surface area contributed by atoms with Crippen molar-refractivity contribution in [2.24, 2.45) is 0 Å². The summed E-state index contributed by atoms with van der Waals surface area (Å²) in [4.78, 5) is 34.2. The van der Waals surface area contributed by atoms with Crippen molar-refractivity contribution >= 4 is 23.5 Å². The maximum absolute atomic E-state index is 12.0. The number of nitrogens with one attached hydrogen (secondary N) is 2. The molecule has 0 spiro atoms. The van der Waals surface area contributed by atoms with Gasteiger partial charge in [0.05, 0.1) is 0 Å². The Balaban J connectivity index is 1.95. The summed E-state index contributed by atoms with van der Waals surface area (Å²) in [6, 6.07) is 4.85. The molecule has 0 radical (unpaired) electrons. The molecule has 0 heterocycles. The van der Waals surface area contributed by atoms with E-state index in [0.717, 1.165) is 11.1 Å². The van der Waals surface area contributed by atoms with E-state index in [9.17, 15) is 14.4 Å². The molecule has 2 amide bonds. The Bertz CT molecular complexity index is 623. The number of carbonyl (C=O) groups is 3. The van der Waals surface area contributed by atoms with Crippen LogP contribution in [0.15, 0.2) is 18.2 Å². The Morgan fingerprint density at radius 1 is 1.27 bits per heavy atom. The summed E-state index contributed by atoms with van der Waals surface area (Å²) in [5.41, 5.74) is 1.69. The number of fused-ring (bicyclic) bond motifs is 1. The van der Waals surface area contributed by atoms with Crippen LogP contribution in [0.2, 0.25) is 0 Å². The van der Waals surface area contributed by atoms with Crippen LogP contribution in [0.1, 0.15) is 49.0 Å². The van der Waals surface area contributed by atoms with E-state index in [1.165, 1.54) is 0 Å². The second-order valence-corrected chi connectivity index (χ2v) is 6.15. The third kappa shape index (κ3) is 4.07. The van der Waals surface area contributed by atoms with E-state index in [4.69, 9.17) is 5.11 Å². The topological polar surface area (TPSA) is 95.5 Å². The van der Waals surface area contributed by atoms with Gasteiger partial charge in [-0.2, -0.15) is 0 Å². The number of carboxylic acids is 1. The molecule has 1 aromatic rings. The van der Waals surface area contributed by atoms with Gasteiger partial charge in [-0.25, -0.2) is 4.79 Å². The van der Waals surface area contributed by atoms with Crippen molar-refractivity contribution in [1.82, 2.24) is 5.32 Å². The number of aliphatic carboxylic acids is 1. The molecule has 0 aliphatic heterocycles. The van der Waals surface area contributed by atoms with Gasteiger partial charge in [-0.3, -0.25) is 9.59 Å². The molecule has 118 valence electrons. The molecular formula is C16H20N2O4. The minimum atomic E-state index is -0.890. The molecule has 0 aromatic heterocycles. The van der Waals surface area contributed by atoms with Crippen molar-refractivity contribution in [2.45, 2.75) is 45.1 Å². The van der Waals surface area contributed by atoms with Gasteiger partial charge in [0.25, 0.3) is 0 Å². The number of hydrogen-bond donors (Lipinski definition) is 3. The summed E-state index contributed by atoms with van der Waals surface area (Å²) in [6.45, 7) is 3.55. The van der Waals surface area contributed by atoms with Crippen LogP contribution >= 0.6 is 0 Å². The number of anilines is 1. The molecule has 3 N–H and O–H groups in total. The highest BCUT2D eigenvalue weighted by atomic mass is 16.4. The number of rotatable bonds is 5. The number of urea groups is 1. The van der Waals surface area contributed by atoms with Crippen LogP contribution in [0.3, 0.4) is 0 Å². The lowest BCUT2D eigenvalue weighted by Gasteiger charge is -2.25. The molecule has 2 rings (SSSR count). The van der Waals surface area contributed by atoms with E-state index in [0.29, 0.717) is 24.9 Å². The normalized spacial score (nSPS) is 13.6. The van der Waals surface area contributed by atoms with Crippen LogP contribution < -0.4 is 10.6 Å². The molecule has 22 heavy (non-hydrogen) atoms. The highest BCUT2D eigenvalue weighted by Gasteiger charge is 2.23. The molecular weight excluding hydrogens is 284 g/mol. The van der Waals surface area contributed by atoms with Crippen molar-refractivity contribution in [3.8, 4) is 0 Å². The molecule has 0 bridgehead atoms. The number of carboxylic acid groups (broad SMARTS) is 1. The quantitative estimate of drug-likeness (QED) is 0.779. The zero-order valence-electron chi connectivity index (χ0n) is 12.7. The Kier molecular flexibility index (Phi) is 4.49. The van der Waals surface area contributed by atoms with E-state index in [1.807, 2.05) is 6.07 Å². The molecule has 1 aliphatic carbocycles. The van der Waals surface area contributed by atoms with E-state index in [2.05, 4.69) is 10.6 Å². The Hall–Kier alpha value is -2.37. The first-order valence-corrected chi connectivity index (χ1v) is 7.24. The Morgan fingerprint density at radius 2 is 2.00 bits per heavy atom. The molecule has 6 nitrogen and oxygen atoms in total. The second kappa shape index (κ2) is 6.17. The van der Waals surface area contributed by atoms with Crippen molar-refractivity contribution in [3.63, 3.8) is 0 Å². The van der Waals surface area contributed by atoms with E-state index in [-0.39, 0.29) is 18.2 Å². The Labute approximate surface area is 128 Å². The SMILES string of the molecule is CC(C)(CCC(=O)O)NC(=O)Nc1ccc2c(c1)CCC2=O. The monoisotopic (exact) mass is 304 g/mol. The maximum atomic E-state index is 12.0. The predicted octanol–water partition coefficient (Wildman–Crippen LogP) is 2.58. The van der Waals surface area contributed by atoms with Crippen LogP contribution in [0.5, 0.6) is 0 Å². The summed E-state index contributed by atoms with van der Waals surface area (Å²) in [5.74, 6) is -0.751. The van der Waals surface area contributed by atoms with Crippen LogP contribution in [-0.4, -0.2) is 28.4 Å². The van der Waals surface area contributed by atoms with Gasteiger partial charge in [-0.05, 0) is 50.5 Å². The van der Waals surface area contributed by atoms with E-state index in [1.54, 1.807) is 26.0 Å². The first kappa shape index (κ1) is 16.0. The number of benzene rings is 1. The largest absolute Gasteiger partial charge is 0.481 e. The molecule has 0 unspecified atom stereocenters. The number of ketones is 1. The number of Topliss-reactive ketones (excluding diaryl/α,β-unsaturated/α-hetero) is 1. The summed E-state index contributed by atoms with van der Waals surface area (Å²) >= 11 is 0. The second-order valence-electron chi connectivity index (χ2n) is 6.15. The first-order valence-electron chi connectivity index (χ1n) is 7.24. The van der Waals surface area contributed by atoms with Gasteiger partial charge >= 0.3 is 12.0 Å². The van der Waals surface area contributed by atoms with Gasteiger partial charge in [0, 0.05) is 29.6 Å². The van der Waals surface area contributed by atoms with E-state index < -0.39 is 11.5 Å². The zero-order chi connectivity index (χ0) is 16.3. The predicted molar refractivity (Wildman–Crippen MR) is 82.2 cm³/mol. The average molecular weight is 304 g/mol. The molecule has 6 heteroatoms. The van der Waals surface area contributed by atoms with Crippen LogP contribution in [-0.2, 0) is 11.2 Å². The van der Waals surface area contributed by atoms with E-state index >= 15 is 0 Å². The van der Waals surface area contributed by atoms with Gasteiger partial charge in [-0.1, -0.05) is 0 Å². The lowest BCUT2D eigenvalue weighted by Crippen LogP contribution is -2.45. The third-order valence-corrected chi connectivity index (χ3v) is 3.70. The summed E-state index contributed by atoms with van der Waals surface area (Å²) < 4.78 is 0. The minimum absolute atomic E-state index is 0.00572. The highest BCUT2D eigenvalue weighted by Crippen LogP contribution is 2.25. The van der Waals surface area contributed by atoms with Crippen molar-refractivity contribution in [2.75, 3.05) is 5.32 Å². The fraction of sp³-hybridized carbons (Fsp3) is 0.438. The lowest BCUT2D eigenvalue weighted by atomic mass is 9.99. The zero-order valence-corrected chi connectivity index (χ0v) is 12.7. The molecule has 0 atom stereocenters. The van der Waals surface area contributed by atoms with Gasteiger partial charge in [0.1, 0.15) is 0 Å². The van der Waals surface area contributed by atoms with Gasteiger partial charge < -0.3 is 15.7 Å². The molecule has 1 aliphatic rings. The van der Waals surface area contributed by atoms with Gasteiger partial charge in [0.15, 0.2) is 5.78 Å². The van der Waals surface area contributed by atoms with Crippen LogP contribution in [0.4, 0.5) is 10.5 Å². The fourth-order valence-corrected chi connectivity index (χ4v) is 2.48. The summed E-state index contributed by atoms with van der Waals surface area (Å²) in [7, 11) is 0. The average Bonchev–Trinajstić information content (AvgIpc) is 2.77. The van der Waals surface area contributed by atoms with Crippen molar-refractivity contribution in [1.29, 1.82) is 0 Å². The lowest BCUT2D eigenvalue weighted by molar-refractivity contribution is -0.137. The smallest absolute Gasteiger partial charge is 0.319 e.